The third kappa shape index (κ3) is 3.98. The molecule has 1 aromatic carbocycles. The Bertz CT molecular complexity index is 497. The van der Waals surface area contributed by atoms with Gasteiger partial charge in [0, 0.05) is 11.3 Å². The molecule has 0 unspecified atom stereocenters. The molecule has 0 amide bonds. The Morgan fingerprint density at radius 1 is 1.16 bits per heavy atom. The van der Waals surface area contributed by atoms with Crippen LogP contribution in [0.5, 0.6) is 11.5 Å². The molecule has 0 saturated carbocycles. The average Bonchev–Trinajstić information content (AvgIpc) is 2.93. The van der Waals surface area contributed by atoms with Crippen molar-refractivity contribution in [1.29, 1.82) is 0 Å². The molecular formula is C15H19NO2S. The molecule has 1 heterocycles. The van der Waals surface area contributed by atoms with E-state index in [0.29, 0.717) is 13.2 Å². The smallest absolute Gasteiger partial charge is 0.161 e. The minimum Gasteiger partial charge on any atom is -0.493 e. The third-order valence-corrected chi connectivity index (χ3v) is 3.78. The van der Waals surface area contributed by atoms with Gasteiger partial charge in [0.25, 0.3) is 0 Å². The summed E-state index contributed by atoms with van der Waals surface area (Å²) in [5, 5.41) is 2.08. The molecule has 19 heavy (non-hydrogen) atoms. The Kier molecular flexibility index (Phi) is 5.24. The van der Waals surface area contributed by atoms with Gasteiger partial charge in [-0.25, -0.2) is 0 Å². The van der Waals surface area contributed by atoms with Crippen LogP contribution in [-0.4, -0.2) is 20.3 Å². The van der Waals surface area contributed by atoms with E-state index < -0.39 is 0 Å². The predicted octanol–water partition coefficient (Wildman–Crippen LogP) is 2.88. The lowest BCUT2D eigenvalue weighted by Crippen LogP contribution is -2.04. The van der Waals surface area contributed by atoms with Crippen molar-refractivity contribution in [3.05, 3.63) is 46.2 Å². The zero-order chi connectivity index (χ0) is 13.5. The lowest BCUT2D eigenvalue weighted by Gasteiger charge is -2.11. The lowest BCUT2D eigenvalue weighted by atomic mass is 10.1. The molecule has 2 N–H and O–H groups in total. The minimum absolute atomic E-state index is 0.641. The van der Waals surface area contributed by atoms with Gasteiger partial charge < -0.3 is 15.2 Å². The molecule has 3 nitrogen and oxygen atoms in total. The highest BCUT2D eigenvalue weighted by Gasteiger charge is 2.06. The molecular weight excluding hydrogens is 258 g/mol. The Morgan fingerprint density at radius 2 is 2.05 bits per heavy atom. The third-order valence-electron chi connectivity index (χ3n) is 2.85. The highest BCUT2D eigenvalue weighted by Crippen LogP contribution is 2.28. The van der Waals surface area contributed by atoms with Crippen molar-refractivity contribution in [1.82, 2.24) is 0 Å². The SMILES string of the molecule is COc1cc(CCN)ccc1OCCc1cccs1. The average molecular weight is 277 g/mol. The van der Waals surface area contributed by atoms with E-state index in [0.717, 1.165) is 24.3 Å². The molecule has 0 fully saturated rings. The number of ether oxygens (including phenoxy) is 2. The summed E-state index contributed by atoms with van der Waals surface area (Å²) in [5.74, 6) is 1.57. The summed E-state index contributed by atoms with van der Waals surface area (Å²) in [6.07, 6.45) is 1.78. The van der Waals surface area contributed by atoms with E-state index in [9.17, 15) is 0 Å². The van der Waals surface area contributed by atoms with Crippen molar-refractivity contribution >= 4 is 11.3 Å². The number of hydrogen-bond donors (Lipinski definition) is 1. The number of thiophene rings is 1. The maximum atomic E-state index is 5.78. The van der Waals surface area contributed by atoms with Crippen LogP contribution in [0.25, 0.3) is 0 Å². The fraction of sp³-hybridized carbons (Fsp3) is 0.333. The maximum absolute atomic E-state index is 5.78. The molecule has 0 radical (unpaired) electrons. The summed E-state index contributed by atoms with van der Waals surface area (Å²) < 4.78 is 11.1. The number of methoxy groups -OCH3 is 1. The van der Waals surface area contributed by atoms with Gasteiger partial charge in [0.2, 0.25) is 0 Å². The molecule has 102 valence electrons. The predicted molar refractivity (Wildman–Crippen MR) is 79.3 cm³/mol. The highest BCUT2D eigenvalue weighted by atomic mass is 32.1. The van der Waals surface area contributed by atoms with Crippen LogP contribution in [0, 0.1) is 0 Å². The van der Waals surface area contributed by atoms with Crippen molar-refractivity contribution < 1.29 is 9.47 Å². The second-order valence-electron chi connectivity index (χ2n) is 4.20. The molecule has 4 heteroatoms. The molecule has 2 rings (SSSR count). The van der Waals surface area contributed by atoms with Gasteiger partial charge in [-0.15, -0.1) is 11.3 Å². The molecule has 0 atom stereocenters. The van der Waals surface area contributed by atoms with Crippen LogP contribution in [0.1, 0.15) is 10.4 Å². The molecule has 0 saturated heterocycles. The standard InChI is InChI=1S/C15H19NO2S/c1-17-15-11-12(6-8-16)4-5-14(15)18-9-7-13-3-2-10-19-13/h2-5,10-11H,6-9,16H2,1H3. The molecule has 1 aromatic heterocycles. The van der Waals surface area contributed by atoms with Gasteiger partial charge in [0.05, 0.1) is 13.7 Å². The van der Waals surface area contributed by atoms with Crippen molar-refractivity contribution in [2.75, 3.05) is 20.3 Å². The van der Waals surface area contributed by atoms with E-state index in [2.05, 4.69) is 17.5 Å². The normalized spacial score (nSPS) is 10.4. The van der Waals surface area contributed by atoms with Gasteiger partial charge in [-0.2, -0.15) is 0 Å². The number of hydrogen-bond acceptors (Lipinski definition) is 4. The van der Waals surface area contributed by atoms with Gasteiger partial charge in [-0.3, -0.25) is 0 Å². The van der Waals surface area contributed by atoms with Crippen molar-refractivity contribution in [3.8, 4) is 11.5 Å². The van der Waals surface area contributed by atoms with Crippen LogP contribution in [0.3, 0.4) is 0 Å². The summed E-state index contributed by atoms with van der Waals surface area (Å²) >= 11 is 1.75. The summed E-state index contributed by atoms with van der Waals surface area (Å²) in [5.41, 5.74) is 6.72. The second-order valence-corrected chi connectivity index (χ2v) is 5.23. The number of rotatable bonds is 7. The van der Waals surface area contributed by atoms with Gasteiger partial charge in [0.15, 0.2) is 11.5 Å². The molecule has 2 aromatic rings. The topological polar surface area (TPSA) is 44.5 Å². The van der Waals surface area contributed by atoms with Gasteiger partial charge in [-0.1, -0.05) is 12.1 Å². The highest BCUT2D eigenvalue weighted by molar-refractivity contribution is 7.09. The maximum Gasteiger partial charge on any atom is 0.161 e. The minimum atomic E-state index is 0.641. The van der Waals surface area contributed by atoms with Crippen LogP contribution in [0.4, 0.5) is 0 Å². The first-order valence-corrected chi connectivity index (χ1v) is 7.23. The fourth-order valence-electron chi connectivity index (χ4n) is 1.87. The van der Waals surface area contributed by atoms with Gasteiger partial charge in [0.1, 0.15) is 0 Å². The summed E-state index contributed by atoms with van der Waals surface area (Å²) in [7, 11) is 1.66. The van der Waals surface area contributed by atoms with Crippen LogP contribution in [0.2, 0.25) is 0 Å². The van der Waals surface area contributed by atoms with E-state index in [1.54, 1.807) is 18.4 Å². The fourth-order valence-corrected chi connectivity index (χ4v) is 2.56. The first-order chi connectivity index (χ1) is 9.33. The van der Waals surface area contributed by atoms with Crippen molar-refractivity contribution in [2.24, 2.45) is 5.73 Å². The van der Waals surface area contributed by atoms with Gasteiger partial charge in [-0.05, 0) is 42.1 Å². The van der Waals surface area contributed by atoms with E-state index in [-0.39, 0.29) is 0 Å². The Labute approximate surface area is 118 Å². The van der Waals surface area contributed by atoms with Crippen LogP contribution in [0.15, 0.2) is 35.7 Å². The number of benzene rings is 1. The molecule has 0 spiro atoms. The van der Waals surface area contributed by atoms with E-state index in [4.69, 9.17) is 15.2 Å². The second kappa shape index (κ2) is 7.16. The molecule has 0 aliphatic carbocycles. The molecule has 0 aliphatic heterocycles. The summed E-state index contributed by atoms with van der Waals surface area (Å²) in [6, 6.07) is 10.2. The zero-order valence-corrected chi connectivity index (χ0v) is 11.9. The van der Waals surface area contributed by atoms with E-state index in [1.165, 1.54) is 10.4 Å². The van der Waals surface area contributed by atoms with E-state index in [1.807, 2.05) is 18.2 Å². The van der Waals surface area contributed by atoms with Crippen LogP contribution in [-0.2, 0) is 12.8 Å². The molecule has 0 aliphatic rings. The first kappa shape index (κ1) is 13.9. The Balaban J connectivity index is 1.95. The molecule has 0 bridgehead atoms. The quantitative estimate of drug-likeness (QED) is 0.846. The van der Waals surface area contributed by atoms with Gasteiger partial charge >= 0.3 is 0 Å². The van der Waals surface area contributed by atoms with Crippen LogP contribution >= 0.6 is 11.3 Å². The monoisotopic (exact) mass is 277 g/mol. The Hall–Kier alpha value is -1.52. The first-order valence-electron chi connectivity index (χ1n) is 6.35. The summed E-state index contributed by atoms with van der Waals surface area (Å²) in [6.45, 7) is 1.30. The van der Waals surface area contributed by atoms with Crippen molar-refractivity contribution in [2.45, 2.75) is 12.8 Å². The van der Waals surface area contributed by atoms with Crippen molar-refractivity contribution in [3.63, 3.8) is 0 Å². The largest absolute Gasteiger partial charge is 0.493 e. The Morgan fingerprint density at radius 3 is 2.74 bits per heavy atom. The van der Waals surface area contributed by atoms with E-state index >= 15 is 0 Å². The zero-order valence-electron chi connectivity index (χ0n) is 11.1. The lowest BCUT2D eigenvalue weighted by molar-refractivity contribution is 0.298. The van der Waals surface area contributed by atoms with Crippen LogP contribution < -0.4 is 15.2 Å². The summed E-state index contributed by atoms with van der Waals surface area (Å²) in [4.78, 5) is 1.33. The number of nitrogens with two attached hydrogens (primary N) is 1.